The van der Waals surface area contributed by atoms with E-state index in [4.69, 9.17) is 4.74 Å². The second kappa shape index (κ2) is 7.77. The summed E-state index contributed by atoms with van der Waals surface area (Å²) in [6, 6.07) is 4.90. The SMILES string of the molecule is CCCCCNC(=O)C(C)Oc1cccc(C)c1F. The average molecular weight is 267 g/mol. The number of benzene rings is 1. The number of carbonyl (C=O) groups is 1. The van der Waals surface area contributed by atoms with Crippen LogP contribution in [-0.4, -0.2) is 18.6 Å². The number of carbonyl (C=O) groups excluding carboxylic acids is 1. The molecule has 1 N–H and O–H groups in total. The van der Waals surface area contributed by atoms with Gasteiger partial charge in [0.15, 0.2) is 17.7 Å². The van der Waals surface area contributed by atoms with Crippen LogP contribution in [-0.2, 0) is 4.79 Å². The first-order chi connectivity index (χ1) is 9.06. The molecule has 0 aliphatic rings. The van der Waals surface area contributed by atoms with Gasteiger partial charge in [0.25, 0.3) is 5.91 Å². The van der Waals surface area contributed by atoms with E-state index in [0.717, 1.165) is 19.3 Å². The van der Waals surface area contributed by atoms with Crippen molar-refractivity contribution >= 4 is 5.91 Å². The van der Waals surface area contributed by atoms with Gasteiger partial charge >= 0.3 is 0 Å². The standard InChI is InChI=1S/C15H22FNO2/c1-4-5-6-10-17-15(18)12(3)19-13-9-7-8-11(2)14(13)16/h7-9,12H,4-6,10H2,1-3H3,(H,17,18). The summed E-state index contributed by atoms with van der Waals surface area (Å²) in [6.45, 7) is 6.03. The summed E-state index contributed by atoms with van der Waals surface area (Å²) in [4.78, 5) is 11.7. The van der Waals surface area contributed by atoms with Gasteiger partial charge in [0.05, 0.1) is 0 Å². The molecule has 0 aliphatic carbocycles. The van der Waals surface area contributed by atoms with Crippen LogP contribution in [0.25, 0.3) is 0 Å². The third-order valence-corrected chi connectivity index (χ3v) is 2.91. The van der Waals surface area contributed by atoms with E-state index in [9.17, 15) is 9.18 Å². The number of amides is 1. The highest BCUT2D eigenvalue weighted by molar-refractivity contribution is 5.80. The second-order valence-electron chi connectivity index (χ2n) is 4.65. The van der Waals surface area contributed by atoms with Gasteiger partial charge in [-0.25, -0.2) is 4.39 Å². The highest BCUT2D eigenvalue weighted by Gasteiger charge is 2.16. The van der Waals surface area contributed by atoms with Crippen LogP contribution in [0.1, 0.15) is 38.7 Å². The lowest BCUT2D eigenvalue weighted by Gasteiger charge is -2.15. The molecule has 0 heterocycles. The number of unbranched alkanes of at least 4 members (excludes halogenated alkanes) is 2. The molecule has 1 aromatic rings. The van der Waals surface area contributed by atoms with Crippen LogP contribution < -0.4 is 10.1 Å². The smallest absolute Gasteiger partial charge is 0.260 e. The Bertz CT molecular complexity index is 421. The molecule has 1 atom stereocenters. The van der Waals surface area contributed by atoms with E-state index in [2.05, 4.69) is 12.2 Å². The summed E-state index contributed by atoms with van der Waals surface area (Å²) in [5, 5.41) is 2.79. The molecule has 1 amide bonds. The van der Waals surface area contributed by atoms with Gasteiger partial charge in [-0.3, -0.25) is 4.79 Å². The second-order valence-corrected chi connectivity index (χ2v) is 4.65. The minimum absolute atomic E-state index is 0.121. The Kier molecular flexibility index (Phi) is 6.33. The Hall–Kier alpha value is -1.58. The van der Waals surface area contributed by atoms with Gasteiger partial charge in [0.2, 0.25) is 0 Å². The zero-order valence-electron chi connectivity index (χ0n) is 11.8. The van der Waals surface area contributed by atoms with Gasteiger partial charge in [-0.05, 0) is 31.9 Å². The predicted octanol–water partition coefficient (Wildman–Crippen LogP) is 3.21. The van der Waals surface area contributed by atoms with E-state index in [-0.39, 0.29) is 11.7 Å². The maximum absolute atomic E-state index is 13.7. The summed E-state index contributed by atoms with van der Waals surface area (Å²) >= 11 is 0. The molecule has 0 bridgehead atoms. The summed E-state index contributed by atoms with van der Waals surface area (Å²) in [5.41, 5.74) is 0.507. The van der Waals surface area contributed by atoms with Gasteiger partial charge in [0, 0.05) is 6.54 Å². The zero-order valence-corrected chi connectivity index (χ0v) is 11.8. The van der Waals surface area contributed by atoms with Gasteiger partial charge < -0.3 is 10.1 Å². The van der Waals surface area contributed by atoms with Crippen molar-refractivity contribution in [2.75, 3.05) is 6.54 Å². The highest BCUT2D eigenvalue weighted by Crippen LogP contribution is 2.20. The monoisotopic (exact) mass is 267 g/mol. The summed E-state index contributed by atoms with van der Waals surface area (Å²) in [7, 11) is 0. The molecule has 0 aromatic heterocycles. The third kappa shape index (κ3) is 4.89. The fourth-order valence-corrected chi connectivity index (χ4v) is 1.69. The molecule has 1 aromatic carbocycles. The zero-order chi connectivity index (χ0) is 14.3. The number of ether oxygens (including phenoxy) is 1. The Morgan fingerprint density at radius 1 is 1.42 bits per heavy atom. The maximum atomic E-state index is 13.7. The topological polar surface area (TPSA) is 38.3 Å². The van der Waals surface area contributed by atoms with Crippen LogP contribution in [0, 0.1) is 12.7 Å². The van der Waals surface area contributed by atoms with E-state index in [1.165, 1.54) is 6.07 Å². The minimum Gasteiger partial charge on any atom is -0.478 e. The number of halogens is 1. The number of rotatable bonds is 7. The molecular weight excluding hydrogens is 245 g/mol. The summed E-state index contributed by atoms with van der Waals surface area (Å²) in [5.74, 6) is -0.499. The van der Waals surface area contributed by atoms with E-state index in [1.54, 1.807) is 26.0 Å². The first-order valence-electron chi connectivity index (χ1n) is 6.75. The Morgan fingerprint density at radius 3 is 2.84 bits per heavy atom. The normalized spacial score (nSPS) is 12.0. The highest BCUT2D eigenvalue weighted by atomic mass is 19.1. The van der Waals surface area contributed by atoms with Gasteiger partial charge in [-0.2, -0.15) is 0 Å². The lowest BCUT2D eigenvalue weighted by molar-refractivity contribution is -0.127. The van der Waals surface area contributed by atoms with Gasteiger partial charge in [0.1, 0.15) is 0 Å². The van der Waals surface area contributed by atoms with Crippen LogP contribution in [0.4, 0.5) is 4.39 Å². The van der Waals surface area contributed by atoms with Crippen LogP contribution in [0.3, 0.4) is 0 Å². The molecule has 0 radical (unpaired) electrons. The Labute approximate surface area is 114 Å². The number of aryl methyl sites for hydroxylation is 1. The van der Waals surface area contributed by atoms with Crippen molar-refractivity contribution in [1.29, 1.82) is 0 Å². The average Bonchev–Trinajstić information content (AvgIpc) is 2.39. The van der Waals surface area contributed by atoms with Crippen LogP contribution in [0.5, 0.6) is 5.75 Å². The van der Waals surface area contributed by atoms with Crippen LogP contribution in [0.2, 0.25) is 0 Å². The molecule has 3 nitrogen and oxygen atoms in total. The lowest BCUT2D eigenvalue weighted by atomic mass is 10.2. The quantitative estimate of drug-likeness (QED) is 0.770. The van der Waals surface area contributed by atoms with E-state index in [0.29, 0.717) is 12.1 Å². The molecule has 0 saturated heterocycles. The Balaban J connectivity index is 2.47. The predicted molar refractivity (Wildman–Crippen MR) is 73.8 cm³/mol. The summed E-state index contributed by atoms with van der Waals surface area (Å²) < 4.78 is 19.1. The number of hydrogen-bond donors (Lipinski definition) is 1. The molecule has 0 fully saturated rings. The van der Waals surface area contributed by atoms with E-state index in [1.807, 2.05) is 0 Å². The molecule has 1 rings (SSSR count). The van der Waals surface area contributed by atoms with Crippen molar-refractivity contribution in [2.45, 2.75) is 46.1 Å². The van der Waals surface area contributed by atoms with Gasteiger partial charge in [-0.15, -0.1) is 0 Å². The minimum atomic E-state index is -0.696. The first kappa shape index (κ1) is 15.5. The van der Waals surface area contributed by atoms with E-state index < -0.39 is 11.9 Å². The van der Waals surface area contributed by atoms with Crippen LogP contribution in [0.15, 0.2) is 18.2 Å². The largest absolute Gasteiger partial charge is 0.478 e. The number of nitrogens with one attached hydrogen (secondary N) is 1. The maximum Gasteiger partial charge on any atom is 0.260 e. The van der Waals surface area contributed by atoms with Crippen LogP contribution >= 0.6 is 0 Å². The van der Waals surface area contributed by atoms with Crippen molar-refractivity contribution in [3.05, 3.63) is 29.6 Å². The Morgan fingerprint density at radius 2 is 2.16 bits per heavy atom. The fourth-order valence-electron chi connectivity index (χ4n) is 1.69. The number of hydrogen-bond acceptors (Lipinski definition) is 2. The molecule has 0 spiro atoms. The molecule has 0 aliphatic heterocycles. The molecule has 4 heteroatoms. The van der Waals surface area contributed by atoms with Crippen molar-refractivity contribution < 1.29 is 13.9 Å². The molecular formula is C15H22FNO2. The fraction of sp³-hybridized carbons (Fsp3) is 0.533. The summed E-state index contributed by atoms with van der Waals surface area (Å²) in [6.07, 6.45) is 2.45. The molecule has 19 heavy (non-hydrogen) atoms. The van der Waals surface area contributed by atoms with Crippen molar-refractivity contribution in [3.63, 3.8) is 0 Å². The van der Waals surface area contributed by atoms with E-state index >= 15 is 0 Å². The lowest BCUT2D eigenvalue weighted by Crippen LogP contribution is -2.37. The molecule has 106 valence electrons. The van der Waals surface area contributed by atoms with Crippen molar-refractivity contribution in [3.8, 4) is 5.75 Å². The molecule has 1 unspecified atom stereocenters. The van der Waals surface area contributed by atoms with Gasteiger partial charge in [-0.1, -0.05) is 31.9 Å². The first-order valence-corrected chi connectivity index (χ1v) is 6.75. The van der Waals surface area contributed by atoms with Crippen molar-refractivity contribution in [1.82, 2.24) is 5.32 Å². The van der Waals surface area contributed by atoms with Crippen molar-refractivity contribution in [2.24, 2.45) is 0 Å². The third-order valence-electron chi connectivity index (χ3n) is 2.91. The molecule has 0 saturated carbocycles.